The molecule has 0 aromatic heterocycles. The Bertz CT molecular complexity index is 607. The van der Waals surface area contributed by atoms with Crippen LogP contribution in [-0.4, -0.2) is 21.9 Å². The summed E-state index contributed by atoms with van der Waals surface area (Å²) in [5, 5.41) is 22.1. The van der Waals surface area contributed by atoms with Gasteiger partial charge in [0.15, 0.2) is 0 Å². The van der Waals surface area contributed by atoms with Crippen molar-refractivity contribution in [1.29, 1.82) is 0 Å². The summed E-state index contributed by atoms with van der Waals surface area (Å²) >= 11 is 0. The first-order valence-corrected chi connectivity index (χ1v) is 9.71. The minimum Gasteiger partial charge on any atom is -0.393 e. The maximum Gasteiger partial charge on any atom is 0.130 e. The van der Waals surface area contributed by atoms with Gasteiger partial charge in [0.05, 0.1) is 6.10 Å². The second-order valence-corrected chi connectivity index (χ2v) is 10.0. The van der Waals surface area contributed by atoms with Gasteiger partial charge >= 0.3 is 0 Å². The van der Waals surface area contributed by atoms with Gasteiger partial charge in [0.2, 0.25) is 0 Å². The summed E-state index contributed by atoms with van der Waals surface area (Å²) in [4.78, 5) is 0. The van der Waals surface area contributed by atoms with Gasteiger partial charge in [-0.05, 0) is 80.5 Å². The molecule has 5 aliphatic rings. The molecule has 23 heavy (non-hydrogen) atoms. The lowest BCUT2D eigenvalue weighted by atomic mass is 9.45. The Labute approximate surface area is 140 Å². The van der Waals surface area contributed by atoms with E-state index in [2.05, 4.69) is 19.8 Å². The van der Waals surface area contributed by atoms with Crippen molar-refractivity contribution in [2.75, 3.05) is 0 Å². The van der Waals surface area contributed by atoms with Gasteiger partial charge in [-0.3, -0.25) is 0 Å². The molecular weight excluding hydrogens is 284 g/mol. The molecule has 2 nitrogen and oxygen atoms in total. The van der Waals surface area contributed by atoms with Crippen LogP contribution >= 0.6 is 0 Å². The van der Waals surface area contributed by atoms with Gasteiger partial charge in [-0.25, -0.2) is 0 Å². The lowest BCUT2D eigenvalue weighted by Crippen LogP contribution is -2.58. The van der Waals surface area contributed by atoms with Crippen molar-refractivity contribution in [3.8, 4) is 12.3 Å². The number of aliphatic hydroxyl groups excluding tert-OH is 1. The fourth-order valence-electron chi connectivity index (χ4n) is 8.56. The Kier molecular flexibility index (Phi) is 2.57. The van der Waals surface area contributed by atoms with Gasteiger partial charge in [0.1, 0.15) is 5.60 Å². The molecular formula is C21H30O2. The highest BCUT2D eigenvalue weighted by Gasteiger charge is 2.77. The molecule has 0 radical (unpaired) electrons. The second-order valence-electron chi connectivity index (χ2n) is 10.0. The Morgan fingerprint density at radius 3 is 2.35 bits per heavy atom. The van der Waals surface area contributed by atoms with Crippen molar-refractivity contribution in [1.82, 2.24) is 0 Å². The Hall–Kier alpha value is -0.520. The topological polar surface area (TPSA) is 40.5 Å². The molecule has 0 heterocycles. The first-order valence-electron chi connectivity index (χ1n) is 9.71. The fourth-order valence-corrected chi connectivity index (χ4v) is 8.56. The zero-order chi connectivity index (χ0) is 16.3. The Morgan fingerprint density at radius 1 is 1.00 bits per heavy atom. The quantitative estimate of drug-likeness (QED) is 0.673. The van der Waals surface area contributed by atoms with E-state index in [9.17, 15) is 10.2 Å². The molecule has 126 valence electrons. The summed E-state index contributed by atoms with van der Waals surface area (Å²) in [5.74, 6) is 5.33. The average Bonchev–Trinajstić information content (AvgIpc) is 3.11. The number of aliphatic hydroxyl groups is 2. The number of terminal acetylenes is 1. The van der Waals surface area contributed by atoms with E-state index in [4.69, 9.17) is 6.42 Å². The zero-order valence-corrected chi connectivity index (χ0v) is 14.5. The molecule has 5 saturated carbocycles. The molecule has 2 N–H and O–H groups in total. The minimum absolute atomic E-state index is 0.122. The molecule has 0 aromatic carbocycles. The predicted molar refractivity (Wildman–Crippen MR) is 89.3 cm³/mol. The molecule has 0 unspecified atom stereocenters. The van der Waals surface area contributed by atoms with Crippen LogP contribution in [0.1, 0.15) is 65.2 Å². The van der Waals surface area contributed by atoms with Crippen LogP contribution < -0.4 is 0 Å². The van der Waals surface area contributed by atoms with Crippen LogP contribution in [0.3, 0.4) is 0 Å². The molecule has 0 saturated heterocycles. The molecule has 5 fully saturated rings. The molecule has 0 aliphatic heterocycles. The normalized spacial score (nSPS) is 66.0. The van der Waals surface area contributed by atoms with Gasteiger partial charge in [-0.2, -0.15) is 0 Å². The van der Waals surface area contributed by atoms with E-state index in [1.807, 2.05) is 0 Å². The fraction of sp³-hybridized carbons (Fsp3) is 0.905. The smallest absolute Gasteiger partial charge is 0.130 e. The van der Waals surface area contributed by atoms with E-state index in [1.54, 1.807) is 0 Å². The summed E-state index contributed by atoms with van der Waals surface area (Å²) in [7, 11) is 0. The third-order valence-corrected chi connectivity index (χ3v) is 9.96. The standard InChI is InChI=1S/C21H30O2/c1-4-20(23)10-7-15-14-11-17(22)21-12-13(21)5-8-19(21,3)16(14)6-9-18(15,20)2/h1,13-17,22-23H,5-12H2,2-3H3/t13-,14-,15-,16-,17+,18-,19+,20+,21-/m0/s1. The van der Waals surface area contributed by atoms with Crippen LogP contribution in [0.4, 0.5) is 0 Å². The van der Waals surface area contributed by atoms with Crippen LogP contribution in [-0.2, 0) is 0 Å². The van der Waals surface area contributed by atoms with E-state index in [0.717, 1.165) is 37.5 Å². The van der Waals surface area contributed by atoms with Crippen molar-refractivity contribution in [3.63, 3.8) is 0 Å². The van der Waals surface area contributed by atoms with Crippen molar-refractivity contribution in [2.24, 2.45) is 39.9 Å². The SMILES string of the molecule is C#C[C@@]1(O)CC[C@H]2[C@@H]3C[C@@H](O)[C@]45C[C@@H]4CC[C@]5(C)[C@H]3CC[C@@]21C. The number of hydrogen-bond donors (Lipinski definition) is 2. The zero-order valence-electron chi connectivity index (χ0n) is 14.5. The molecule has 0 amide bonds. The second kappa shape index (κ2) is 4.00. The average molecular weight is 314 g/mol. The van der Waals surface area contributed by atoms with Crippen LogP contribution in [0.2, 0.25) is 0 Å². The number of hydrogen-bond acceptors (Lipinski definition) is 2. The molecule has 2 heteroatoms. The van der Waals surface area contributed by atoms with Crippen molar-refractivity contribution < 1.29 is 10.2 Å². The molecule has 9 atom stereocenters. The van der Waals surface area contributed by atoms with Crippen molar-refractivity contribution in [2.45, 2.75) is 76.9 Å². The van der Waals surface area contributed by atoms with Crippen LogP contribution in [0.25, 0.3) is 0 Å². The third kappa shape index (κ3) is 1.36. The van der Waals surface area contributed by atoms with Gasteiger partial charge in [0.25, 0.3) is 0 Å². The first-order chi connectivity index (χ1) is 10.8. The Morgan fingerprint density at radius 2 is 1.65 bits per heavy atom. The van der Waals surface area contributed by atoms with Crippen LogP contribution in [0.15, 0.2) is 0 Å². The highest BCUT2D eigenvalue weighted by molar-refractivity contribution is 5.28. The summed E-state index contributed by atoms with van der Waals surface area (Å²) in [6.45, 7) is 4.72. The van der Waals surface area contributed by atoms with Crippen LogP contribution in [0.5, 0.6) is 0 Å². The maximum absolute atomic E-state index is 11.1. The first kappa shape index (κ1) is 14.8. The summed E-state index contributed by atoms with van der Waals surface area (Å²) in [6.07, 6.45) is 14.5. The van der Waals surface area contributed by atoms with Gasteiger partial charge in [-0.1, -0.05) is 19.8 Å². The maximum atomic E-state index is 11.1. The Balaban J connectivity index is 1.55. The monoisotopic (exact) mass is 314 g/mol. The van der Waals surface area contributed by atoms with E-state index >= 15 is 0 Å². The number of rotatable bonds is 0. The van der Waals surface area contributed by atoms with E-state index < -0.39 is 5.60 Å². The van der Waals surface area contributed by atoms with Crippen molar-refractivity contribution in [3.05, 3.63) is 0 Å². The summed E-state index contributed by atoms with van der Waals surface area (Å²) in [6, 6.07) is 0. The molecule has 1 spiro atoms. The molecule has 0 bridgehead atoms. The minimum atomic E-state index is -0.929. The van der Waals surface area contributed by atoms with E-state index in [-0.39, 0.29) is 16.9 Å². The largest absolute Gasteiger partial charge is 0.393 e. The molecule has 0 aromatic rings. The highest BCUT2D eigenvalue weighted by Crippen LogP contribution is 2.81. The van der Waals surface area contributed by atoms with Crippen LogP contribution in [0, 0.1) is 52.3 Å². The lowest BCUT2D eigenvalue weighted by molar-refractivity contribution is -0.163. The van der Waals surface area contributed by atoms with Gasteiger partial charge < -0.3 is 10.2 Å². The summed E-state index contributed by atoms with van der Waals surface area (Å²) < 4.78 is 0. The van der Waals surface area contributed by atoms with E-state index in [1.165, 1.54) is 25.7 Å². The molecule has 5 rings (SSSR count). The number of fused-ring (bicyclic) bond motifs is 4. The van der Waals surface area contributed by atoms with Gasteiger partial charge in [0, 0.05) is 10.8 Å². The van der Waals surface area contributed by atoms with Gasteiger partial charge in [-0.15, -0.1) is 6.42 Å². The lowest BCUT2D eigenvalue weighted by Gasteiger charge is -2.60. The highest BCUT2D eigenvalue weighted by atomic mass is 16.3. The molecule has 5 aliphatic carbocycles. The van der Waals surface area contributed by atoms with E-state index in [0.29, 0.717) is 17.3 Å². The predicted octanol–water partition coefficient (Wildman–Crippen LogP) is 3.36. The summed E-state index contributed by atoms with van der Waals surface area (Å²) in [5.41, 5.74) is -0.492. The third-order valence-electron chi connectivity index (χ3n) is 9.96. The van der Waals surface area contributed by atoms with Crippen molar-refractivity contribution >= 4 is 0 Å².